The average molecular weight is 290 g/mol. The van der Waals surface area contributed by atoms with Crippen LogP contribution in [0.15, 0.2) is 12.1 Å². The fourth-order valence-corrected chi connectivity index (χ4v) is 2.72. The van der Waals surface area contributed by atoms with E-state index < -0.39 is 6.10 Å². The van der Waals surface area contributed by atoms with Gasteiger partial charge in [0.2, 0.25) is 0 Å². The number of phenols is 1. The molecule has 0 saturated carbocycles. The predicted octanol–water partition coefficient (Wildman–Crippen LogP) is 3.07. The number of piperidine rings is 1. The third kappa shape index (κ3) is 2.91. The van der Waals surface area contributed by atoms with Crippen molar-refractivity contribution in [3.63, 3.8) is 0 Å². The molecule has 1 atom stereocenters. The van der Waals surface area contributed by atoms with Gasteiger partial charge in [-0.1, -0.05) is 23.2 Å². The van der Waals surface area contributed by atoms with Gasteiger partial charge < -0.3 is 15.1 Å². The quantitative estimate of drug-likeness (QED) is 0.879. The molecule has 0 aromatic heterocycles. The molecule has 1 aliphatic heterocycles. The summed E-state index contributed by atoms with van der Waals surface area (Å²) in [5.41, 5.74) is 0.471. The van der Waals surface area contributed by atoms with E-state index in [1.165, 1.54) is 6.07 Å². The Kier molecular flexibility index (Phi) is 4.38. The summed E-state index contributed by atoms with van der Waals surface area (Å²) in [6, 6.07) is 2.94. The summed E-state index contributed by atoms with van der Waals surface area (Å²) in [5, 5.41) is 20.9. The van der Waals surface area contributed by atoms with Crippen LogP contribution in [0.25, 0.3) is 0 Å². The SMILES string of the molecule is CN1CCC(C(O)c2cc(Cl)c(Cl)cc2O)CC1. The Morgan fingerprint density at radius 2 is 1.78 bits per heavy atom. The van der Waals surface area contributed by atoms with Crippen molar-refractivity contribution in [2.75, 3.05) is 20.1 Å². The van der Waals surface area contributed by atoms with Crippen molar-refractivity contribution in [1.82, 2.24) is 4.90 Å². The highest BCUT2D eigenvalue weighted by atomic mass is 35.5. The molecule has 100 valence electrons. The van der Waals surface area contributed by atoms with Crippen LogP contribution in [0, 0.1) is 5.92 Å². The Balaban J connectivity index is 2.18. The molecule has 1 aromatic rings. The van der Waals surface area contributed by atoms with E-state index in [0.29, 0.717) is 15.6 Å². The van der Waals surface area contributed by atoms with Crippen LogP contribution in [-0.4, -0.2) is 35.3 Å². The van der Waals surface area contributed by atoms with Crippen LogP contribution in [0.5, 0.6) is 5.75 Å². The van der Waals surface area contributed by atoms with Crippen molar-refractivity contribution in [3.05, 3.63) is 27.7 Å². The molecule has 1 aliphatic rings. The standard InChI is InChI=1S/C13H17Cl2NO2/c1-16-4-2-8(3-5-16)13(18)9-6-10(14)11(15)7-12(9)17/h6-8,13,17-18H,2-5H2,1H3. The molecule has 3 nitrogen and oxygen atoms in total. The second-order valence-electron chi connectivity index (χ2n) is 4.91. The van der Waals surface area contributed by atoms with Gasteiger partial charge in [-0.3, -0.25) is 0 Å². The zero-order chi connectivity index (χ0) is 13.3. The maximum absolute atomic E-state index is 10.3. The third-order valence-electron chi connectivity index (χ3n) is 3.60. The first kappa shape index (κ1) is 13.9. The first-order chi connectivity index (χ1) is 8.49. The van der Waals surface area contributed by atoms with E-state index >= 15 is 0 Å². The number of phenolic OH excluding ortho intramolecular Hbond substituents is 1. The highest BCUT2D eigenvalue weighted by Gasteiger charge is 2.27. The maximum Gasteiger partial charge on any atom is 0.122 e. The lowest BCUT2D eigenvalue weighted by atomic mass is 9.87. The van der Waals surface area contributed by atoms with Gasteiger partial charge in [0.25, 0.3) is 0 Å². The zero-order valence-corrected chi connectivity index (χ0v) is 11.7. The highest BCUT2D eigenvalue weighted by molar-refractivity contribution is 6.42. The van der Waals surface area contributed by atoms with Gasteiger partial charge in [0.1, 0.15) is 5.75 Å². The minimum atomic E-state index is -0.687. The summed E-state index contributed by atoms with van der Waals surface area (Å²) in [6.45, 7) is 1.92. The molecule has 0 spiro atoms. The molecule has 1 unspecified atom stereocenters. The van der Waals surface area contributed by atoms with E-state index in [4.69, 9.17) is 23.2 Å². The minimum Gasteiger partial charge on any atom is -0.508 e. The molecule has 0 bridgehead atoms. The maximum atomic E-state index is 10.3. The number of halogens is 2. The van der Waals surface area contributed by atoms with Crippen molar-refractivity contribution in [2.45, 2.75) is 18.9 Å². The summed E-state index contributed by atoms with van der Waals surface area (Å²) < 4.78 is 0. The molecule has 18 heavy (non-hydrogen) atoms. The number of hydrogen-bond acceptors (Lipinski definition) is 3. The van der Waals surface area contributed by atoms with Crippen molar-refractivity contribution in [3.8, 4) is 5.75 Å². The van der Waals surface area contributed by atoms with Gasteiger partial charge in [0.15, 0.2) is 0 Å². The number of hydrogen-bond donors (Lipinski definition) is 2. The van der Waals surface area contributed by atoms with Gasteiger partial charge in [-0.15, -0.1) is 0 Å². The van der Waals surface area contributed by atoms with Crippen LogP contribution in [-0.2, 0) is 0 Å². The average Bonchev–Trinajstić information content (AvgIpc) is 2.34. The third-order valence-corrected chi connectivity index (χ3v) is 4.32. The Bertz CT molecular complexity index is 431. The van der Waals surface area contributed by atoms with Gasteiger partial charge in [-0.05, 0) is 45.0 Å². The summed E-state index contributed by atoms with van der Waals surface area (Å²) in [4.78, 5) is 2.23. The molecule has 0 amide bonds. The number of benzene rings is 1. The van der Waals surface area contributed by atoms with E-state index in [2.05, 4.69) is 11.9 Å². The predicted molar refractivity (Wildman–Crippen MR) is 73.3 cm³/mol. The Labute approximate surface area is 117 Å². The van der Waals surface area contributed by atoms with Gasteiger partial charge in [0.05, 0.1) is 16.1 Å². The number of aliphatic hydroxyl groups excluding tert-OH is 1. The van der Waals surface area contributed by atoms with E-state index in [1.54, 1.807) is 6.07 Å². The number of nitrogens with zero attached hydrogens (tertiary/aromatic N) is 1. The summed E-state index contributed by atoms with van der Waals surface area (Å²) in [6.07, 6.45) is 1.14. The molecular formula is C13H17Cl2NO2. The van der Waals surface area contributed by atoms with Crippen molar-refractivity contribution < 1.29 is 10.2 Å². The smallest absolute Gasteiger partial charge is 0.122 e. The minimum absolute atomic E-state index is 0.0100. The molecule has 1 aromatic carbocycles. The zero-order valence-electron chi connectivity index (χ0n) is 10.2. The summed E-state index contributed by atoms with van der Waals surface area (Å²) in [7, 11) is 2.07. The number of aliphatic hydroxyl groups is 1. The first-order valence-electron chi connectivity index (χ1n) is 6.03. The highest BCUT2D eigenvalue weighted by Crippen LogP contribution is 2.38. The van der Waals surface area contributed by atoms with Crippen LogP contribution in [0.3, 0.4) is 0 Å². The molecule has 2 rings (SSSR count). The molecular weight excluding hydrogens is 273 g/mol. The lowest BCUT2D eigenvalue weighted by Gasteiger charge is -2.32. The fourth-order valence-electron chi connectivity index (χ4n) is 2.39. The van der Waals surface area contributed by atoms with Crippen molar-refractivity contribution >= 4 is 23.2 Å². The first-order valence-corrected chi connectivity index (χ1v) is 6.79. The van der Waals surface area contributed by atoms with E-state index in [9.17, 15) is 10.2 Å². The molecule has 0 radical (unpaired) electrons. The monoisotopic (exact) mass is 289 g/mol. The molecule has 2 N–H and O–H groups in total. The van der Waals surface area contributed by atoms with E-state index in [-0.39, 0.29) is 11.7 Å². The molecule has 1 heterocycles. The van der Waals surface area contributed by atoms with Crippen molar-refractivity contribution in [1.29, 1.82) is 0 Å². The van der Waals surface area contributed by atoms with Crippen LogP contribution >= 0.6 is 23.2 Å². The normalized spacial score (nSPS) is 20.0. The van der Waals surface area contributed by atoms with Crippen LogP contribution < -0.4 is 0 Å². The molecule has 0 aliphatic carbocycles. The van der Waals surface area contributed by atoms with Crippen LogP contribution in [0.2, 0.25) is 10.0 Å². The van der Waals surface area contributed by atoms with E-state index in [0.717, 1.165) is 25.9 Å². The van der Waals surface area contributed by atoms with Crippen molar-refractivity contribution in [2.24, 2.45) is 5.92 Å². The van der Waals surface area contributed by atoms with Crippen LogP contribution in [0.4, 0.5) is 0 Å². The second-order valence-corrected chi connectivity index (χ2v) is 5.73. The largest absolute Gasteiger partial charge is 0.508 e. The Morgan fingerprint density at radius 1 is 1.22 bits per heavy atom. The molecule has 5 heteroatoms. The second kappa shape index (κ2) is 5.66. The van der Waals surface area contributed by atoms with Gasteiger partial charge in [0, 0.05) is 11.6 Å². The van der Waals surface area contributed by atoms with Gasteiger partial charge in [-0.2, -0.15) is 0 Å². The lowest BCUT2D eigenvalue weighted by Crippen LogP contribution is -2.32. The van der Waals surface area contributed by atoms with E-state index in [1.807, 2.05) is 0 Å². The topological polar surface area (TPSA) is 43.7 Å². The lowest BCUT2D eigenvalue weighted by molar-refractivity contribution is 0.0640. The van der Waals surface area contributed by atoms with Gasteiger partial charge in [-0.25, -0.2) is 0 Å². The molecule has 1 saturated heterocycles. The fraction of sp³-hybridized carbons (Fsp3) is 0.538. The summed E-state index contributed by atoms with van der Waals surface area (Å²) in [5.74, 6) is 0.167. The summed E-state index contributed by atoms with van der Waals surface area (Å²) >= 11 is 11.7. The van der Waals surface area contributed by atoms with Crippen LogP contribution in [0.1, 0.15) is 24.5 Å². The number of likely N-dealkylation sites (tertiary alicyclic amines) is 1. The molecule has 1 fully saturated rings. The number of aromatic hydroxyl groups is 1. The number of rotatable bonds is 2. The van der Waals surface area contributed by atoms with Gasteiger partial charge >= 0.3 is 0 Å². The Morgan fingerprint density at radius 3 is 2.39 bits per heavy atom. The Hall–Kier alpha value is -0.480.